The molecule has 3 rings (SSSR count). The van der Waals surface area contributed by atoms with E-state index in [4.69, 9.17) is 10.3 Å². The average Bonchev–Trinajstić information content (AvgIpc) is 3.11. The first-order valence-electron chi connectivity index (χ1n) is 6.51. The van der Waals surface area contributed by atoms with Gasteiger partial charge < -0.3 is 10.3 Å². The monoisotopic (exact) mass is 276 g/mol. The van der Waals surface area contributed by atoms with E-state index in [1.54, 1.807) is 0 Å². The summed E-state index contributed by atoms with van der Waals surface area (Å²) in [5.41, 5.74) is 7.34. The van der Waals surface area contributed by atoms with E-state index in [-0.39, 0.29) is 11.9 Å². The third-order valence-electron chi connectivity index (χ3n) is 3.62. The summed E-state index contributed by atoms with van der Waals surface area (Å²) in [4.78, 5) is 17.3. The lowest BCUT2D eigenvalue weighted by atomic mass is 10.2. The smallest absolute Gasteiger partial charge is 0.290 e. The lowest BCUT2D eigenvalue weighted by Crippen LogP contribution is -2.23. The van der Waals surface area contributed by atoms with Crippen LogP contribution in [0.2, 0.25) is 0 Å². The van der Waals surface area contributed by atoms with E-state index in [1.807, 2.05) is 13.1 Å². The molecule has 8 nitrogen and oxygen atoms in total. The Morgan fingerprint density at radius 1 is 1.65 bits per heavy atom. The van der Waals surface area contributed by atoms with Crippen molar-refractivity contribution >= 4 is 5.91 Å². The number of hydrogen-bond acceptors (Lipinski definition) is 6. The van der Waals surface area contributed by atoms with E-state index < -0.39 is 5.91 Å². The molecule has 3 N–H and O–H groups in total. The van der Waals surface area contributed by atoms with Crippen LogP contribution in [0.1, 0.15) is 46.7 Å². The molecule has 2 aromatic heterocycles. The molecule has 1 atom stereocenters. The van der Waals surface area contributed by atoms with Crippen molar-refractivity contribution in [2.45, 2.75) is 32.4 Å². The quantitative estimate of drug-likeness (QED) is 0.842. The van der Waals surface area contributed by atoms with Gasteiger partial charge in [-0.15, -0.1) is 0 Å². The first-order chi connectivity index (χ1) is 9.65. The number of aromatic amines is 1. The van der Waals surface area contributed by atoms with Gasteiger partial charge in [0.05, 0.1) is 12.2 Å². The lowest BCUT2D eigenvalue weighted by Gasteiger charge is -2.20. The minimum Gasteiger partial charge on any atom is -0.363 e. The second-order valence-corrected chi connectivity index (χ2v) is 4.97. The molecule has 8 heteroatoms. The molecule has 0 aromatic carbocycles. The molecule has 1 aliphatic rings. The van der Waals surface area contributed by atoms with Gasteiger partial charge in [-0.05, 0) is 26.3 Å². The number of amides is 1. The number of nitrogens with zero attached hydrogens (tertiary/aromatic N) is 4. The summed E-state index contributed by atoms with van der Waals surface area (Å²) < 4.78 is 5.16. The third-order valence-corrected chi connectivity index (χ3v) is 3.62. The fraction of sp³-hybridized carbons (Fsp3) is 0.500. The number of nitrogens with one attached hydrogen (secondary N) is 1. The SMILES string of the molecule is Cc1[nH]ncc1CN1CCCC1c1nc(C(N)=O)no1. The molecule has 1 unspecified atom stereocenters. The molecule has 0 radical (unpaired) electrons. The highest BCUT2D eigenvalue weighted by Crippen LogP contribution is 2.32. The number of aromatic nitrogens is 4. The molecule has 1 saturated heterocycles. The fourth-order valence-corrected chi connectivity index (χ4v) is 2.52. The Kier molecular flexibility index (Phi) is 3.23. The maximum atomic E-state index is 11.0. The van der Waals surface area contributed by atoms with E-state index in [0.29, 0.717) is 5.89 Å². The van der Waals surface area contributed by atoms with Gasteiger partial charge in [-0.3, -0.25) is 14.8 Å². The van der Waals surface area contributed by atoms with Crippen LogP contribution in [0.5, 0.6) is 0 Å². The molecule has 1 aliphatic heterocycles. The second-order valence-electron chi connectivity index (χ2n) is 4.97. The Balaban J connectivity index is 1.78. The van der Waals surface area contributed by atoms with Crippen LogP contribution in [0.25, 0.3) is 0 Å². The van der Waals surface area contributed by atoms with Gasteiger partial charge >= 0.3 is 0 Å². The van der Waals surface area contributed by atoms with Gasteiger partial charge in [0.2, 0.25) is 5.89 Å². The van der Waals surface area contributed by atoms with Crippen LogP contribution in [0.4, 0.5) is 0 Å². The molecule has 0 bridgehead atoms. The number of carbonyl (C=O) groups excluding carboxylic acids is 1. The van der Waals surface area contributed by atoms with Crippen LogP contribution in [0.15, 0.2) is 10.7 Å². The predicted octanol–water partition coefficient (Wildman–Crippen LogP) is 0.537. The highest BCUT2D eigenvalue weighted by Gasteiger charge is 2.31. The van der Waals surface area contributed by atoms with Gasteiger partial charge in [-0.2, -0.15) is 10.1 Å². The predicted molar refractivity (Wildman–Crippen MR) is 68.5 cm³/mol. The van der Waals surface area contributed by atoms with Gasteiger partial charge in [0.15, 0.2) is 0 Å². The number of hydrogen-bond donors (Lipinski definition) is 2. The first-order valence-corrected chi connectivity index (χ1v) is 6.51. The topological polar surface area (TPSA) is 114 Å². The Labute approximate surface area is 115 Å². The van der Waals surface area contributed by atoms with Crippen molar-refractivity contribution in [3.8, 4) is 0 Å². The lowest BCUT2D eigenvalue weighted by molar-refractivity contribution is 0.0987. The maximum absolute atomic E-state index is 11.0. The van der Waals surface area contributed by atoms with E-state index in [0.717, 1.165) is 37.2 Å². The molecule has 2 aromatic rings. The summed E-state index contributed by atoms with van der Waals surface area (Å²) in [7, 11) is 0. The molecule has 1 amide bonds. The number of nitrogens with two attached hydrogens (primary N) is 1. The van der Waals surface area contributed by atoms with Crippen LogP contribution in [-0.4, -0.2) is 37.7 Å². The Hall–Kier alpha value is -2.22. The largest absolute Gasteiger partial charge is 0.363 e. The van der Waals surface area contributed by atoms with E-state index in [1.165, 1.54) is 0 Å². The van der Waals surface area contributed by atoms with E-state index in [9.17, 15) is 4.79 Å². The number of H-pyrrole nitrogens is 1. The van der Waals surface area contributed by atoms with Crippen LogP contribution >= 0.6 is 0 Å². The summed E-state index contributed by atoms with van der Waals surface area (Å²) in [5.74, 6) is -0.279. The number of carbonyl (C=O) groups is 1. The minimum atomic E-state index is -0.671. The number of rotatable bonds is 4. The highest BCUT2D eigenvalue weighted by molar-refractivity contribution is 5.88. The Morgan fingerprint density at radius 2 is 2.50 bits per heavy atom. The fourth-order valence-electron chi connectivity index (χ4n) is 2.52. The zero-order chi connectivity index (χ0) is 14.1. The summed E-state index contributed by atoms with van der Waals surface area (Å²) in [5, 5.41) is 10.6. The minimum absolute atomic E-state index is 0.0323. The summed E-state index contributed by atoms with van der Waals surface area (Å²) in [6.07, 6.45) is 3.81. The van der Waals surface area contributed by atoms with Crippen molar-refractivity contribution in [1.82, 2.24) is 25.2 Å². The van der Waals surface area contributed by atoms with Crippen molar-refractivity contribution in [2.24, 2.45) is 5.73 Å². The van der Waals surface area contributed by atoms with E-state index in [2.05, 4.69) is 25.2 Å². The highest BCUT2D eigenvalue weighted by atomic mass is 16.5. The molecular formula is C12H16N6O2. The van der Waals surface area contributed by atoms with Crippen LogP contribution in [0, 0.1) is 6.92 Å². The zero-order valence-electron chi connectivity index (χ0n) is 11.2. The van der Waals surface area contributed by atoms with Gasteiger partial charge in [-0.1, -0.05) is 5.16 Å². The average molecular weight is 276 g/mol. The summed E-state index contributed by atoms with van der Waals surface area (Å²) >= 11 is 0. The third kappa shape index (κ3) is 2.29. The van der Waals surface area contributed by atoms with Crippen molar-refractivity contribution in [3.63, 3.8) is 0 Å². The molecule has 0 saturated carbocycles. The van der Waals surface area contributed by atoms with Gasteiger partial charge in [0, 0.05) is 17.8 Å². The Morgan fingerprint density at radius 3 is 3.15 bits per heavy atom. The van der Waals surface area contributed by atoms with Crippen molar-refractivity contribution in [2.75, 3.05) is 6.54 Å². The number of likely N-dealkylation sites (tertiary alicyclic amines) is 1. The molecule has 0 aliphatic carbocycles. The van der Waals surface area contributed by atoms with Crippen molar-refractivity contribution < 1.29 is 9.32 Å². The van der Waals surface area contributed by atoms with Gasteiger partial charge in [0.1, 0.15) is 0 Å². The molecule has 1 fully saturated rings. The zero-order valence-corrected chi connectivity index (χ0v) is 11.2. The molecule has 20 heavy (non-hydrogen) atoms. The maximum Gasteiger partial charge on any atom is 0.290 e. The van der Waals surface area contributed by atoms with Crippen LogP contribution < -0.4 is 5.73 Å². The molecule has 3 heterocycles. The normalized spacial score (nSPS) is 19.6. The standard InChI is InChI=1S/C12H16N6O2/c1-7-8(5-14-16-7)6-18-4-2-3-9(18)12-15-11(10(13)19)17-20-12/h5,9H,2-4,6H2,1H3,(H2,13,19)(H,14,16). The molecule has 106 valence electrons. The summed E-state index contributed by atoms with van der Waals surface area (Å²) in [6.45, 7) is 3.70. The van der Waals surface area contributed by atoms with Crippen LogP contribution in [0.3, 0.4) is 0 Å². The second kappa shape index (κ2) is 5.04. The number of primary amides is 1. The van der Waals surface area contributed by atoms with Crippen molar-refractivity contribution in [3.05, 3.63) is 29.2 Å². The van der Waals surface area contributed by atoms with Gasteiger partial charge in [-0.25, -0.2) is 0 Å². The Bertz CT molecular complexity index is 619. The van der Waals surface area contributed by atoms with Crippen molar-refractivity contribution in [1.29, 1.82) is 0 Å². The molecular weight excluding hydrogens is 260 g/mol. The first kappa shape index (κ1) is 12.8. The van der Waals surface area contributed by atoms with Gasteiger partial charge in [0.25, 0.3) is 11.7 Å². The van der Waals surface area contributed by atoms with Crippen LogP contribution in [-0.2, 0) is 6.54 Å². The number of aryl methyl sites for hydroxylation is 1. The summed E-state index contributed by atoms with van der Waals surface area (Å²) in [6, 6.07) is 0.0323. The van der Waals surface area contributed by atoms with E-state index >= 15 is 0 Å². The molecule has 0 spiro atoms.